The summed E-state index contributed by atoms with van der Waals surface area (Å²) in [4.78, 5) is 47.2. The first-order valence-corrected chi connectivity index (χ1v) is 9.80. The Kier molecular flexibility index (Phi) is 8.75. The van der Waals surface area contributed by atoms with Crippen LogP contribution in [0.5, 0.6) is 0 Å². The van der Waals surface area contributed by atoms with Crippen LogP contribution in [0.3, 0.4) is 0 Å². The van der Waals surface area contributed by atoms with Crippen molar-refractivity contribution in [2.24, 2.45) is 0 Å². The highest BCUT2D eigenvalue weighted by Crippen LogP contribution is 2.17. The van der Waals surface area contributed by atoms with Crippen LogP contribution in [-0.2, 0) is 23.9 Å². The number of ether oxygens (including phenoxy) is 2. The van der Waals surface area contributed by atoms with Gasteiger partial charge in [-0.2, -0.15) is 0 Å². The largest absolute Gasteiger partial charge is 0.465 e. The number of rotatable bonds is 9. The molecule has 0 atom stereocenters. The van der Waals surface area contributed by atoms with Crippen molar-refractivity contribution in [3.05, 3.63) is 59.2 Å². The van der Waals surface area contributed by atoms with Crippen molar-refractivity contribution in [1.82, 2.24) is 0 Å². The molecule has 2 N–H and O–H groups in total. The summed E-state index contributed by atoms with van der Waals surface area (Å²) in [5, 5.41) is 5.39. The number of anilines is 2. The number of carbonyl (C=O) groups excluding carboxylic acids is 4. The molecular formula is C23H26N2O6. The fourth-order valence-corrected chi connectivity index (χ4v) is 2.72. The molecule has 0 radical (unpaired) electrons. The lowest BCUT2D eigenvalue weighted by Gasteiger charge is -2.10. The number of nitrogens with one attached hydrogen (secondary N) is 2. The second kappa shape index (κ2) is 11.5. The summed E-state index contributed by atoms with van der Waals surface area (Å²) in [5.74, 6) is -1.70. The molecule has 2 aromatic carbocycles. The maximum Gasteiger partial charge on any atom is 0.337 e. The van der Waals surface area contributed by atoms with Gasteiger partial charge in [0.15, 0.2) is 6.61 Å². The Morgan fingerprint density at radius 2 is 1.58 bits per heavy atom. The van der Waals surface area contributed by atoms with Crippen LogP contribution in [0.4, 0.5) is 11.4 Å². The zero-order valence-corrected chi connectivity index (χ0v) is 17.8. The van der Waals surface area contributed by atoms with E-state index in [2.05, 4.69) is 15.4 Å². The van der Waals surface area contributed by atoms with E-state index >= 15 is 0 Å². The van der Waals surface area contributed by atoms with Crippen molar-refractivity contribution in [1.29, 1.82) is 0 Å². The molecular weight excluding hydrogens is 400 g/mol. The first kappa shape index (κ1) is 23.6. The Labute approximate surface area is 180 Å². The maximum atomic E-state index is 12.0. The number of amides is 2. The molecule has 0 heterocycles. The monoisotopic (exact) mass is 426 g/mol. The number of hydrogen-bond donors (Lipinski definition) is 2. The molecule has 2 amide bonds. The van der Waals surface area contributed by atoms with Gasteiger partial charge in [-0.05, 0) is 61.7 Å². The molecule has 0 saturated carbocycles. The summed E-state index contributed by atoms with van der Waals surface area (Å²) in [6.07, 6.45) is 0.414. The van der Waals surface area contributed by atoms with E-state index in [0.29, 0.717) is 16.9 Å². The Bertz CT molecular complexity index is 953. The zero-order valence-electron chi connectivity index (χ0n) is 17.8. The minimum absolute atomic E-state index is 0.0193. The summed E-state index contributed by atoms with van der Waals surface area (Å²) in [7, 11) is 1.29. The van der Waals surface area contributed by atoms with Gasteiger partial charge < -0.3 is 20.1 Å². The van der Waals surface area contributed by atoms with Crippen LogP contribution >= 0.6 is 0 Å². The molecule has 164 valence electrons. The Morgan fingerprint density at radius 3 is 2.26 bits per heavy atom. The minimum Gasteiger partial charge on any atom is -0.465 e. The van der Waals surface area contributed by atoms with E-state index < -0.39 is 17.8 Å². The fraction of sp³-hybridized carbons (Fsp3) is 0.304. The molecule has 0 spiro atoms. The van der Waals surface area contributed by atoms with Crippen molar-refractivity contribution >= 4 is 35.1 Å². The molecule has 8 nitrogen and oxygen atoms in total. The SMILES string of the molecule is COC(=O)c1ccc(NC(=O)CCCC(=O)OCC(=O)Nc2cccc(C)c2C)cc1. The molecule has 0 aliphatic heterocycles. The molecule has 0 aliphatic rings. The molecule has 31 heavy (non-hydrogen) atoms. The highest BCUT2D eigenvalue weighted by Gasteiger charge is 2.11. The first-order valence-electron chi connectivity index (χ1n) is 9.80. The third-order valence-corrected chi connectivity index (χ3v) is 4.62. The smallest absolute Gasteiger partial charge is 0.337 e. The van der Waals surface area contributed by atoms with Gasteiger partial charge in [0.2, 0.25) is 5.91 Å². The fourth-order valence-electron chi connectivity index (χ4n) is 2.72. The number of aryl methyl sites for hydroxylation is 1. The van der Waals surface area contributed by atoms with Crippen LogP contribution in [0, 0.1) is 13.8 Å². The number of benzene rings is 2. The number of methoxy groups -OCH3 is 1. The number of hydrogen-bond acceptors (Lipinski definition) is 6. The first-order chi connectivity index (χ1) is 14.8. The van der Waals surface area contributed by atoms with Crippen molar-refractivity contribution < 1.29 is 28.7 Å². The predicted molar refractivity (Wildman–Crippen MR) is 116 cm³/mol. The molecule has 0 aromatic heterocycles. The Morgan fingerprint density at radius 1 is 0.871 bits per heavy atom. The normalized spacial score (nSPS) is 10.2. The zero-order chi connectivity index (χ0) is 22.8. The summed E-state index contributed by atoms with van der Waals surface area (Å²) < 4.78 is 9.58. The van der Waals surface area contributed by atoms with Crippen LogP contribution in [0.1, 0.15) is 40.7 Å². The summed E-state index contributed by atoms with van der Waals surface area (Å²) in [6.45, 7) is 3.46. The lowest BCUT2D eigenvalue weighted by molar-refractivity contribution is -0.147. The van der Waals surface area contributed by atoms with E-state index in [1.165, 1.54) is 7.11 Å². The van der Waals surface area contributed by atoms with E-state index in [4.69, 9.17) is 4.74 Å². The lowest BCUT2D eigenvalue weighted by Crippen LogP contribution is -2.21. The molecule has 2 aromatic rings. The van der Waals surface area contributed by atoms with Crippen LogP contribution < -0.4 is 10.6 Å². The lowest BCUT2D eigenvalue weighted by atomic mass is 10.1. The topological polar surface area (TPSA) is 111 Å². The van der Waals surface area contributed by atoms with Crippen LogP contribution in [0.2, 0.25) is 0 Å². The van der Waals surface area contributed by atoms with E-state index in [9.17, 15) is 19.2 Å². The Hall–Kier alpha value is -3.68. The summed E-state index contributed by atoms with van der Waals surface area (Å²) in [5.41, 5.74) is 3.59. The van der Waals surface area contributed by atoms with Gasteiger partial charge >= 0.3 is 11.9 Å². The summed E-state index contributed by atoms with van der Waals surface area (Å²) >= 11 is 0. The van der Waals surface area contributed by atoms with Crippen molar-refractivity contribution in [2.45, 2.75) is 33.1 Å². The maximum absolute atomic E-state index is 12.0. The quantitative estimate of drug-likeness (QED) is 0.595. The van der Waals surface area contributed by atoms with Crippen molar-refractivity contribution in [3.63, 3.8) is 0 Å². The molecule has 0 fully saturated rings. The highest BCUT2D eigenvalue weighted by atomic mass is 16.5. The average molecular weight is 426 g/mol. The Balaban J connectivity index is 1.67. The second-order valence-electron chi connectivity index (χ2n) is 6.93. The van der Waals surface area contributed by atoms with Gasteiger partial charge in [0, 0.05) is 24.2 Å². The van der Waals surface area contributed by atoms with Gasteiger partial charge in [0.05, 0.1) is 12.7 Å². The molecule has 0 unspecified atom stereocenters. The second-order valence-corrected chi connectivity index (χ2v) is 6.93. The minimum atomic E-state index is -0.550. The van der Waals surface area contributed by atoms with Gasteiger partial charge in [-0.15, -0.1) is 0 Å². The molecule has 0 bridgehead atoms. The van der Waals surface area contributed by atoms with E-state index in [-0.39, 0.29) is 31.8 Å². The standard InChI is InChI=1S/C23H26N2O6/c1-15-6-4-7-19(16(15)2)25-21(27)14-31-22(28)9-5-8-20(26)24-18-12-10-17(11-13-18)23(29)30-3/h4,6-7,10-13H,5,8-9,14H2,1-3H3,(H,24,26)(H,25,27). The third kappa shape index (κ3) is 7.58. The number of carbonyl (C=O) groups is 4. The summed E-state index contributed by atoms with van der Waals surface area (Å²) in [6, 6.07) is 11.8. The highest BCUT2D eigenvalue weighted by molar-refractivity contribution is 5.94. The molecule has 0 saturated heterocycles. The van der Waals surface area contributed by atoms with Gasteiger partial charge in [-0.1, -0.05) is 12.1 Å². The predicted octanol–water partition coefficient (Wildman–Crippen LogP) is 3.38. The van der Waals surface area contributed by atoms with E-state index in [0.717, 1.165) is 11.1 Å². The molecule has 0 aliphatic carbocycles. The van der Waals surface area contributed by atoms with Crippen molar-refractivity contribution in [2.75, 3.05) is 24.4 Å². The van der Waals surface area contributed by atoms with E-state index in [1.54, 1.807) is 30.3 Å². The van der Waals surface area contributed by atoms with Gasteiger partial charge in [-0.25, -0.2) is 4.79 Å². The van der Waals surface area contributed by atoms with Gasteiger partial charge in [0.25, 0.3) is 5.91 Å². The third-order valence-electron chi connectivity index (χ3n) is 4.62. The van der Waals surface area contributed by atoms with E-state index in [1.807, 2.05) is 26.0 Å². The average Bonchev–Trinajstić information content (AvgIpc) is 2.75. The molecule has 8 heteroatoms. The van der Waals surface area contributed by atoms with Crippen LogP contribution in [0.15, 0.2) is 42.5 Å². The van der Waals surface area contributed by atoms with Gasteiger partial charge in [-0.3, -0.25) is 14.4 Å². The van der Waals surface area contributed by atoms with Crippen molar-refractivity contribution in [3.8, 4) is 0 Å². The van der Waals surface area contributed by atoms with Crippen LogP contribution in [-0.4, -0.2) is 37.5 Å². The van der Waals surface area contributed by atoms with Gasteiger partial charge in [0.1, 0.15) is 0 Å². The van der Waals surface area contributed by atoms with Crippen LogP contribution in [0.25, 0.3) is 0 Å². The number of esters is 2. The molecule has 2 rings (SSSR count).